The molecule has 1 unspecified atom stereocenters. The van der Waals surface area contributed by atoms with Gasteiger partial charge in [0.05, 0.1) is 19.1 Å². The number of ketones is 2. The molecule has 0 radical (unpaired) electrons. The zero-order valence-electron chi connectivity index (χ0n) is 21.3. The van der Waals surface area contributed by atoms with Gasteiger partial charge in [-0.1, -0.05) is 19.4 Å². The molecule has 9 nitrogen and oxygen atoms in total. The fraction of sp³-hybridized carbons (Fsp3) is 0.692. The Morgan fingerprint density at radius 2 is 1.89 bits per heavy atom. The summed E-state index contributed by atoms with van der Waals surface area (Å²) in [5, 5.41) is 44.0. The molecule has 4 rings (SSSR count). The van der Waals surface area contributed by atoms with Crippen LogP contribution < -0.4 is 34.7 Å². The molecule has 36 heavy (non-hydrogen) atoms. The molecule has 3 saturated carbocycles. The summed E-state index contributed by atoms with van der Waals surface area (Å²) in [5.74, 6) is -5.29. The van der Waals surface area contributed by atoms with Crippen LogP contribution in [0.15, 0.2) is 23.3 Å². The smallest absolute Gasteiger partial charge is 0.550 e. The summed E-state index contributed by atoms with van der Waals surface area (Å²) in [6.07, 6.45) is 3.03. The molecule has 0 amide bonds. The second kappa shape index (κ2) is 10.1. The van der Waals surface area contributed by atoms with Crippen molar-refractivity contribution in [3.05, 3.63) is 23.3 Å². The average molecular weight is 513 g/mol. The minimum Gasteiger partial charge on any atom is -0.550 e. The third-order valence-electron chi connectivity index (χ3n) is 9.74. The van der Waals surface area contributed by atoms with Crippen molar-refractivity contribution in [2.45, 2.75) is 64.1 Å². The molecule has 10 heteroatoms. The number of hydrogen-bond donors (Lipinski definition) is 3. The van der Waals surface area contributed by atoms with Crippen molar-refractivity contribution in [2.75, 3.05) is 13.7 Å². The normalized spacial score (nSPS) is 39.9. The number of esters is 1. The fourth-order valence-electron chi connectivity index (χ4n) is 8.17. The molecule has 0 bridgehead atoms. The van der Waals surface area contributed by atoms with Crippen LogP contribution in [0.5, 0.6) is 0 Å². The molecule has 3 fully saturated rings. The third kappa shape index (κ3) is 4.07. The van der Waals surface area contributed by atoms with Crippen molar-refractivity contribution in [1.29, 1.82) is 0 Å². The van der Waals surface area contributed by atoms with Gasteiger partial charge in [0.15, 0.2) is 11.6 Å². The van der Waals surface area contributed by atoms with E-state index in [-0.39, 0.29) is 60.0 Å². The van der Waals surface area contributed by atoms with Gasteiger partial charge in [-0.15, -0.1) is 0 Å². The number of rotatable bonds is 6. The summed E-state index contributed by atoms with van der Waals surface area (Å²) in [7, 11) is 1.15. The average Bonchev–Trinajstić information content (AvgIpc) is 3.07. The molecule has 8 atom stereocenters. The van der Waals surface area contributed by atoms with Crippen LogP contribution in [-0.2, 0) is 23.9 Å². The first kappa shape index (κ1) is 29.2. The van der Waals surface area contributed by atoms with Gasteiger partial charge in [0.25, 0.3) is 0 Å². The number of carbonyl (C=O) groups excluding carboxylic acids is 4. The maximum absolute atomic E-state index is 12.7. The van der Waals surface area contributed by atoms with Crippen molar-refractivity contribution in [2.24, 2.45) is 34.5 Å². The topological polar surface area (TPSA) is 161 Å². The summed E-state index contributed by atoms with van der Waals surface area (Å²) >= 11 is 0. The zero-order valence-corrected chi connectivity index (χ0v) is 23.3. The number of hydrogen-bond acceptors (Lipinski definition) is 9. The molecular weight excluding hydrogens is 479 g/mol. The van der Waals surface area contributed by atoms with Crippen LogP contribution in [0.4, 0.5) is 0 Å². The molecule has 0 aromatic rings. The first-order valence-corrected chi connectivity index (χ1v) is 12.1. The quantitative estimate of drug-likeness (QED) is 0.247. The first-order valence-electron chi connectivity index (χ1n) is 12.1. The van der Waals surface area contributed by atoms with E-state index < -0.39 is 65.1 Å². The van der Waals surface area contributed by atoms with E-state index in [0.717, 1.165) is 12.7 Å². The SMILES string of the molecule is COC(=O)C(CC(=O)[O-])C1=CC(=O)C=C2CC[C@@H]3[C@H]([C@@H](O)C[C@@]4(C)[C@H]3CC[C@]4(O)C(=O)CO)[C@]21C.[Na+]. The van der Waals surface area contributed by atoms with Crippen LogP contribution in [0.1, 0.15) is 52.4 Å². The maximum atomic E-state index is 12.7. The van der Waals surface area contributed by atoms with E-state index in [2.05, 4.69) is 0 Å². The summed E-state index contributed by atoms with van der Waals surface area (Å²) < 4.78 is 4.88. The predicted octanol–water partition coefficient (Wildman–Crippen LogP) is -3.14. The monoisotopic (exact) mass is 512 g/mol. The molecule has 192 valence electrons. The van der Waals surface area contributed by atoms with Crippen molar-refractivity contribution in [3.63, 3.8) is 0 Å². The van der Waals surface area contributed by atoms with Gasteiger partial charge in [-0.3, -0.25) is 14.4 Å². The first-order chi connectivity index (χ1) is 16.3. The van der Waals surface area contributed by atoms with Gasteiger partial charge in [-0.05, 0) is 61.7 Å². The summed E-state index contributed by atoms with van der Waals surface area (Å²) in [6.45, 7) is 2.84. The number of aliphatic hydroxyl groups is 3. The van der Waals surface area contributed by atoms with Crippen LogP contribution in [0, 0.1) is 34.5 Å². The maximum Gasteiger partial charge on any atom is 1.00 e. The molecule has 3 N–H and O–H groups in total. The van der Waals surface area contributed by atoms with E-state index >= 15 is 0 Å². The number of ether oxygens (including phenoxy) is 1. The van der Waals surface area contributed by atoms with E-state index in [1.54, 1.807) is 6.92 Å². The van der Waals surface area contributed by atoms with E-state index in [0.29, 0.717) is 24.8 Å². The van der Waals surface area contributed by atoms with Gasteiger partial charge in [-0.25, -0.2) is 0 Å². The Balaban J connectivity index is 0.00000361. The second-order valence-corrected chi connectivity index (χ2v) is 11.0. The number of carbonyl (C=O) groups is 4. The minimum absolute atomic E-state index is 0. The molecule has 0 heterocycles. The molecule has 0 aliphatic heterocycles. The number of aliphatic carboxylic acids is 1. The van der Waals surface area contributed by atoms with Crippen molar-refractivity contribution < 1.29 is 73.9 Å². The Labute approximate surface area is 232 Å². The molecule has 0 saturated heterocycles. The third-order valence-corrected chi connectivity index (χ3v) is 9.74. The minimum atomic E-state index is -1.75. The van der Waals surface area contributed by atoms with E-state index in [1.165, 1.54) is 12.2 Å². The standard InChI is InChI=1S/C26H34O9.Na/c1-24-11-19(29)22-15(17(24)6-7-26(24,34)20(30)12-27)5-4-13-8-14(28)9-18(25(13,22)2)16(10-21(31)32)23(33)35-3;/h8-9,15-17,19,22,27,29,34H,4-7,10-12H2,1-3H3,(H,31,32);/q;+1/p-1/t15-,16?,17-,19-,22+,24-,25+,26-;/m0./s1. The Kier molecular flexibility index (Phi) is 8.17. The fourth-order valence-corrected chi connectivity index (χ4v) is 8.17. The largest absolute Gasteiger partial charge is 1.00 e. The van der Waals surface area contributed by atoms with Crippen molar-refractivity contribution in [1.82, 2.24) is 0 Å². The van der Waals surface area contributed by atoms with Crippen molar-refractivity contribution >= 4 is 23.5 Å². The second-order valence-electron chi connectivity index (χ2n) is 11.0. The number of carboxylic acids is 1. The van der Waals surface area contributed by atoms with Crippen molar-refractivity contribution in [3.8, 4) is 0 Å². The number of methoxy groups -OCH3 is 1. The van der Waals surface area contributed by atoms with Gasteiger partial charge < -0.3 is 30.0 Å². The van der Waals surface area contributed by atoms with Gasteiger partial charge in [-0.2, -0.15) is 0 Å². The van der Waals surface area contributed by atoms with Gasteiger partial charge in [0.1, 0.15) is 12.2 Å². The van der Waals surface area contributed by atoms with Crippen LogP contribution in [-0.4, -0.2) is 64.2 Å². The van der Waals surface area contributed by atoms with Crippen LogP contribution in [0.25, 0.3) is 0 Å². The summed E-state index contributed by atoms with van der Waals surface area (Å²) in [6, 6.07) is 0. The van der Waals surface area contributed by atoms with Crippen LogP contribution in [0.3, 0.4) is 0 Å². The molecule has 4 aliphatic carbocycles. The number of fused-ring (bicyclic) bond motifs is 5. The van der Waals surface area contributed by atoms with Gasteiger partial charge in [0, 0.05) is 29.1 Å². The van der Waals surface area contributed by atoms with E-state index in [9.17, 15) is 39.6 Å². The molecule has 0 aromatic carbocycles. The van der Waals surface area contributed by atoms with Crippen LogP contribution >= 0.6 is 0 Å². The Bertz CT molecular complexity index is 1030. The van der Waals surface area contributed by atoms with E-state index in [4.69, 9.17) is 4.74 Å². The number of Topliss-reactive ketones (excluding diaryl/α,β-unsaturated/α-hetero) is 1. The molecular formula is C26H33NaO9. The van der Waals surface area contributed by atoms with Gasteiger partial charge in [0.2, 0.25) is 0 Å². The Morgan fingerprint density at radius 3 is 2.47 bits per heavy atom. The predicted molar refractivity (Wildman–Crippen MR) is 119 cm³/mol. The number of carboxylic acid groups (broad SMARTS) is 1. The number of allylic oxidation sites excluding steroid dienone is 3. The van der Waals surface area contributed by atoms with E-state index in [1.807, 2.05) is 6.92 Å². The Morgan fingerprint density at radius 1 is 1.22 bits per heavy atom. The Hall–Kier alpha value is -1.36. The number of aliphatic hydroxyl groups excluding tert-OH is 2. The molecule has 4 aliphatic rings. The summed E-state index contributed by atoms with van der Waals surface area (Å²) in [4.78, 5) is 49.5. The summed E-state index contributed by atoms with van der Waals surface area (Å²) in [5.41, 5.74) is -2.66. The molecule has 0 spiro atoms. The molecule has 0 aromatic heterocycles. The zero-order chi connectivity index (χ0) is 25.9. The van der Waals surface area contributed by atoms with Gasteiger partial charge >= 0.3 is 35.5 Å². The van der Waals surface area contributed by atoms with Crippen LogP contribution in [0.2, 0.25) is 0 Å².